The third-order valence-corrected chi connectivity index (χ3v) is 3.37. The van der Waals surface area contributed by atoms with Gasteiger partial charge in [-0.15, -0.1) is 0 Å². The van der Waals surface area contributed by atoms with Gasteiger partial charge in [0.05, 0.1) is 6.42 Å². The van der Waals surface area contributed by atoms with Crippen molar-refractivity contribution in [3.63, 3.8) is 0 Å². The number of nitrogens with two attached hydrogens (primary N) is 1. The van der Waals surface area contributed by atoms with E-state index in [0.717, 1.165) is 16.5 Å². The van der Waals surface area contributed by atoms with E-state index in [1.54, 1.807) is 0 Å². The quantitative estimate of drug-likeness (QED) is 0.867. The van der Waals surface area contributed by atoms with E-state index in [4.69, 9.17) is 10.8 Å². The molecule has 2 aromatic rings. The Morgan fingerprint density at radius 2 is 2.16 bits per heavy atom. The summed E-state index contributed by atoms with van der Waals surface area (Å²) in [6.45, 7) is 5.52. The third-order valence-electron chi connectivity index (χ3n) is 3.37. The predicted molar refractivity (Wildman–Crippen MR) is 76.4 cm³/mol. The first kappa shape index (κ1) is 13.6. The molecule has 0 aliphatic carbocycles. The lowest BCUT2D eigenvalue weighted by Crippen LogP contribution is -2.08. The lowest BCUT2D eigenvalue weighted by atomic mass is 10.00. The van der Waals surface area contributed by atoms with Gasteiger partial charge in [-0.05, 0) is 29.2 Å². The Bertz CT molecular complexity index is 599. The maximum absolute atomic E-state index is 11.0. The number of carboxylic acids is 1. The molecule has 4 heteroatoms. The third kappa shape index (κ3) is 2.79. The van der Waals surface area contributed by atoms with Crippen molar-refractivity contribution in [2.75, 3.05) is 6.54 Å². The Morgan fingerprint density at radius 1 is 1.42 bits per heavy atom. The van der Waals surface area contributed by atoms with Crippen molar-refractivity contribution in [2.24, 2.45) is 5.73 Å². The summed E-state index contributed by atoms with van der Waals surface area (Å²) in [4.78, 5) is 11.0. The van der Waals surface area contributed by atoms with Gasteiger partial charge in [0.1, 0.15) is 0 Å². The number of nitrogens with zero attached hydrogens (tertiary/aromatic N) is 1. The second kappa shape index (κ2) is 5.45. The zero-order valence-corrected chi connectivity index (χ0v) is 11.4. The largest absolute Gasteiger partial charge is 0.481 e. The molecule has 1 heterocycles. The minimum absolute atomic E-state index is 0.0512. The van der Waals surface area contributed by atoms with Gasteiger partial charge >= 0.3 is 5.97 Å². The molecule has 0 fully saturated rings. The highest BCUT2D eigenvalue weighted by atomic mass is 16.4. The van der Waals surface area contributed by atoms with E-state index in [1.807, 2.05) is 10.8 Å². The van der Waals surface area contributed by atoms with E-state index in [0.29, 0.717) is 19.0 Å². The molecule has 1 aromatic heterocycles. The molecule has 4 nitrogen and oxygen atoms in total. The van der Waals surface area contributed by atoms with Gasteiger partial charge in [-0.2, -0.15) is 0 Å². The monoisotopic (exact) mass is 260 g/mol. The lowest BCUT2D eigenvalue weighted by molar-refractivity contribution is -0.136. The average Bonchev–Trinajstić information content (AvgIpc) is 2.67. The molecule has 0 aliphatic rings. The number of hydrogen-bond acceptors (Lipinski definition) is 2. The molecule has 0 aliphatic heterocycles. The van der Waals surface area contributed by atoms with Crippen molar-refractivity contribution < 1.29 is 9.90 Å². The van der Waals surface area contributed by atoms with Crippen LogP contribution >= 0.6 is 0 Å². The van der Waals surface area contributed by atoms with Gasteiger partial charge in [0.15, 0.2) is 0 Å². The van der Waals surface area contributed by atoms with Crippen molar-refractivity contribution in [2.45, 2.75) is 32.7 Å². The summed E-state index contributed by atoms with van der Waals surface area (Å²) in [5.41, 5.74) is 8.75. The van der Waals surface area contributed by atoms with Crippen molar-refractivity contribution in [1.82, 2.24) is 4.57 Å². The van der Waals surface area contributed by atoms with Gasteiger partial charge in [0.2, 0.25) is 0 Å². The van der Waals surface area contributed by atoms with Crippen LogP contribution in [0.5, 0.6) is 0 Å². The molecular weight excluding hydrogens is 240 g/mol. The van der Waals surface area contributed by atoms with E-state index in [9.17, 15) is 4.79 Å². The van der Waals surface area contributed by atoms with Crippen LogP contribution in [0.4, 0.5) is 0 Å². The number of aliphatic carboxylic acids is 1. The highest BCUT2D eigenvalue weighted by Crippen LogP contribution is 2.26. The highest BCUT2D eigenvalue weighted by Gasteiger charge is 2.12. The molecule has 0 bridgehead atoms. The Labute approximate surface area is 112 Å². The molecule has 0 saturated carbocycles. The molecular formula is C15H20N2O2. The Kier molecular flexibility index (Phi) is 3.90. The standard InChI is InChI=1S/C15H20N2O2/c1-10(2)11-3-4-14-13(7-11)12(8-15(18)19)9-17(14)6-5-16/h3-4,7,9-10H,5-6,8,16H2,1-2H3,(H,18,19). The number of rotatable bonds is 5. The maximum atomic E-state index is 11.0. The van der Waals surface area contributed by atoms with E-state index in [1.165, 1.54) is 5.56 Å². The zero-order chi connectivity index (χ0) is 14.0. The van der Waals surface area contributed by atoms with Gasteiger partial charge in [0, 0.05) is 30.2 Å². The fourth-order valence-electron chi connectivity index (χ4n) is 2.38. The molecule has 0 atom stereocenters. The van der Waals surface area contributed by atoms with Gasteiger partial charge in [0.25, 0.3) is 0 Å². The van der Waals surface area contributed by atoms with Crippen molar-refractivity contribution in [3.8, 4) is 0 Å². The molecule has 3 N–H and O–H groups in total. The van der Waals surface area contributed by atoms with E-state index >= 15 is 0 Å². The number of hydrogen-bond donors (Lipinski definition) is 2. The summed E-state index contributed by atoms with van der Waals surface area (Å²) in [5, 5.41) is 10.0. The highest BCUT2D eigenvalue weighted by molar-refractivity contribution is 5.88. The molecule has 0 saturated heterocycles. The summed E-state index contributed by atoms with van der Waals surface area (Å²) in [5.74, 6) is -0.373. The number of aromatic nitrogens is 1. The fraction of sp³-hybridized carbons (Fsp3) is 0.400. The van der Waals surface area contributed by atoms with Crippen LogP contribution in [0.2, 0.25) is 0 Å². The van der Waals surface area contributed by atoms with Crippen LogP contribution < -0.4 is 5.73 Å². The summed E-state index contributed by atoms with van der Waals surface area (Å²) in [6, 6.07) is 6.27. The van der Waals surface area contributed by atoms with Crippen LogP contribution in [0.3, 0.4) is 0 Å². The van der Waals surface area contributed by atoms with Crippen LogP contribution in [-0.2, 0) is 17.8 Å². The molecule has 19 heavy (non-hydrogen) atoms. The SMILES string of the molecule is CC(C)c1ccc2c(c1)c(CC(=O)O)cn2CCN. The van der Waals surface area contributed by atoms with Crippen molar-refractivity contribution >= 4 is 16.9 Å². The summed E-state index contributed by atoms with van der Waals surface area (Å²) in [6.07, 6.45) is 1.96. The molecule has 2 rings (SSSR count). The fourth-order valence-corrected chi connectivity index (χ4v) is 2.38. The molecule has 0 spiro atoms. The smallest absolute Gasteiger partial charge is 0.307 e. The van der Waals surface area contributed by atoms with Crippen molar-refractivity contribution in [1.29, 1.82) is 0 Å². The Morgan fingerprint density at radius 3 is 2.74 bits per heavy atom. The van der Waals surface area contributed by atoms with E-state index in [-0.39, 0.29) is 6.42 Å². The topological polar surface area (TPSA) is 68.2 Å². The van der Waals surface area contributed by atoms with Crippen LogP contribution in [0.25, 0.3) is 10.9 Å². The summed E-state index contributed by atoms with van der Waals surface area (Å²) >= 11 is 0. The van der Waals surface area contributed by atoms with E-state index < -0.39 is 5.97 Å². The first-order valence-electron chi connectivity index (χ1n) is 6.56. The summed E-state index contributed by atoms with van der Waals surface area (Å²) in [7, 11) is 0. The number of carboxylic acid groups (broad SMARTS) is 1. The number of carbonyl (C=O) groups is 1. The zero-order valence-electron chi connectivity index (χ0n) is 11.4. The average molecular weight is 260 g/mol. The first-order chi connectivity index (χ1) is 9.02. The van der Waals surface area contributed by atoms with Crippen LogP contribution in [0, 0.1) is 0 Å². The van der Waals surface area contributed by atoms with Gasteiger partial charge in [-0.3, -0.25) is 4.79 Å². The van der Waals surface area contributed by atoms with Crippen LogP contribution in [0.15, 0.2) is 24.4 Å². The minimum Gasteiger partial charge on any atom is -0.481 e. The normalized spacial score (nSPS) is 11.4. The van der Waals surface area contributed by atoms with Gasteiger partial charge < -0.3 is 15.4 Å². The van der Waals surface area contributed by atoms with Crippen molar-refractivity contribution in [3.05, 3.63) is 35.5 Å². The van der Waals surface area contributed by atoms with Crippen LogP contribution in [0.1, 0.15) is 30.9 Å². The molecule has 0 amide bonds. The van der Waals surface area contributed by atoms with Gasteiger partial charge in [-0.25, -0.2) is 0 Å². The molecule has 0 radical (unpaired) electrons. The van der Waals surface area contributed by atoms with Crippen LogP contribution in [-0.4, -0.2) is 22.2 Å². The second-order valence-electron chi connectivity index (χ2n) is 5.14. The Balaban J connectivity index is 2.58. The first-order valence-corrected chi connectivity index (χ1v) is 6.56. The second-order valence-corrected chi connectivity index (χ2v) is 5.14. The van der Waals surface area contributed by atoms with Gasteiger partial charge in [-0.1, -0.05) is 19.9 Å². The molecule has 0 unspecified atom stereocenters. The number of benzene rings is 1. The molecule has 1 aromatic carbocycles. The molecule has 102 valence electrons. The maximum Gasteiger partial charge on any atom is 0.307 e. The summed E-state index contributed by atoms with van der Waals surface area (Å²) < 4.78 is 2.04. The Hall–Kier alpha value is -1.81. The van der Waals surface area contributed by atoms with E-state index in [2.05, 4.69) is 32.0 Å². The minimum atomic E-state index is -0.804. The number of fused-ring (bicyclic) bond motifs is 1. The predicted octanol–water partition coefficient (Wildman–Crippen LogP) is 2.35. The lowest BCUT2D eigenvalue weighted by Gasteiger charge is -2.07.